The summed E-state index contributed by atoms with van der Waals surface area (Å²) in [5, 5.41) is 6.20. The van der Waals surface area contributed by atoms with Crippen LogP contribution in [0.3, 0.4) is 0 Å². The summed E-state index contributed by atoms with van der Waals surface area (Å²) in [5.74, 6) is 0.866. The fraction of sp³-hybridized carbons (Fsp3) is 0.370. The van der Waals surface area contributed by atoms with Gasteiger partial charge in [-0.15, -0.1) is 0 Å². The number of para-hydroxylation sites is 2. The number of carbonyl (C=O) groups excluding carboxylic acids is 3. The topological polar surface area (TPSA) is 112 Å². The zero-order valence-electron chi connectivity index (χ0n) is 21.0. The molecule has 1 atom stereocenters. The van der Waals surface area contributed by atoms with E-state index in [1.165, 1.54) is 16.7 Å². The average molecular weight is 522 g/mol. The molecule has 0 fully saturated rings. The Hall–Kier alpha value is -3.66. The first kappa shape index (κ1) is 26.4. The Labute approximate surface area is 220 Å². The van der Waals surface area contributed by atoms with E-state index < -0.39 is 6.04 Å². The Bertz CT molecular complexity index is 1230. The first-order valence-corrected chi connectivity index (χ1v) is 13.4. The van der Waals surface area contributed by atoms with Crippen molar-refractivity contribution in [3.8, 4) is 5.75 Å². The predicted octanol–water partition coefficient (Wildman–Crippen LogP) is 3.40. The number of benzene rings is 2. The number of carbonyl (C=O) groups is 3. The first-order valence-electron chi connectivity index (χ1n) is 12.4. The van der Waals surface area contributed by atoms with E-state index in [0.29, 0.717) is 35.5 Å². The molecule has 0 saturated carbocycles. The van der Waals surface area contributed by atoms with Crippen molar-refractivity contribution in [1.82, 2.24) is 15.5 Å². The summed E-state index contributed by atoms with van der Waals surface area (Å²) in [4.78, 5) is 49.0. The van der Waals surface area contributed by atoms with Crippen LogP contribution in [0.25, 0.3) is 0 Å². The van der Waals surface area contributed by atoms with Crippen molar-refractivity contribution in [3.05, 3.63) is 59.7 Å². The van der Waals surface area contributed by atoms with Crippen molar-refractivity contribution in [1.29, 1.82) is 0 Å². The smallest absolute Gasteiger partial charge is 0.259 e. The molecule has 194 valence electrons. The van der Waals surface area contributed by atoms with Crippen molar-refractivity contribution in [3.63, 3.8) is 0 Å². The molecule has 0 unspecified atom stereocenters. The molecule has 2 heterocycles. The zero-order chi connectivity index (χ0) is 26.2. The molecule has 2 aromatic carbocycles. The molecule has 0 aromatic heterocycles. The quantitative estimate of drug-likeness (QED) is 0.440. The minimum atomic E-state index is -0.692. The molecule has 2 N–H and O–H groups in total. The summed E-state index contributed by atoms with van der Waals surface area (Å²) in [7, 11) is 1.59. The van der Waals surface area contributed by atoms with Crippen molar-refractivity contribution >= 4 is 46.2 Å². The highest BCUT2D eigenvalue weighted by molar-refractivity contribution is 8.14. The number of amidine groups is 2. The zero-order valence-corrected chi connectivity index (χ0v) is 21.8. The standard InChI is InChI=1S/C27H31N5O4S/c1-3-4-15-28-24(34)17-37-27-31-20-11-7-6-10-19(20)25-30-21(26(35)32(25)27)13-14-23(33)29-16-18-9-5-8-12-22(18)36-2/h5-12,21H,3-4,13-17H2,1-2H3,(H,28,34)(H,29,33)/t21-/m0/s1. The van der Waals surface area contributed by atoms with E-state index in [0.717, 1.165) is 24.0 Å². The largest absolute Gasteiger partial charge is 0.496 e. The lowest BCUT2D eigenvalue weighted by Crippen LogP contribution is -2.41. The van der Waals surface area contributed by atoms with Gasteiger partial charge in [0.2, 0.25) is 11.8 Å². The van der Waals surface area contributed by atoms with Crippen molar-refractivity contribution in [2.24, 2.45) is 9.98 Å². The Balaban J connectivity index is 1.40. The van der Waals surface area contributed by atoms with Crippen LogP contribution >= 0.6 is 11.8 Å². The number of fused-ring (bicyclic) bond motifs is 3. The van der Waals surface area contributed by atoms with Crippen LogP contribution in [0.5, 0.6) is 5.75 Å². The third kappa shape index (κ3) is 6.37. The highest BCUT2D eigenvalue weighted by atomic mass is 32.2. The molecule has 0 saturated heterocycles. The van der Waals surface area contributed by atoms with Gasteiger partial charge in [-0.05, 0) is 31.0 Å². The molecule has 4 rings (SSSR count). The second-order valence-electron chi connectivity index (χ2n) is 8.67. The first-order chi connectivity index (χ1) is 18.0. The second kappa shape index (κ2) is 12.5. The predicted molar refractivity (Wildman–Crippen MR) is 145 cm³/mol. The number of hydrogen-bond donors (Lipinski definition) is 2. The lowest BCUT2D eigenvalue weighted by molar-refractivity contribution is -0.125. The molecule has 2 aromatic rings. The molecular formula is C27H31N5O4S. The molecule has 2 aliphatic heterocycles. The van der Waals surface area contributed by atoms with Gasteiger partial charge in [-0.2, -0.15) is 0 Å². The van der Waals surface area contributed by atoms with Crippen LogP contribution in [-0.4, -0.2) is 59.1 Å². The minimum absolute atomic E-state index is 0.103. The highest BCUT2D eigenvalue weighted by Gasteiger charge is 2.41. The van der Waals surface area contributed by atoms with Gasteiger partial charge in [0.1, 0.15) is 17.6 Å². The second-order valence-corrected chi connectivity index (χ2v) is 9.62. The Morgan fingerprint density at radius 2 is 1.86 bits per heavy atom. The summed E-state index contributed by atoms with van der Waals surface area (Å²) in [6, 6.07) is 14.3. The van der Waals surface area contributed by atoms with Gasteiger partial charge in [0.25, 0.3) is 5.91 Å². The minimum Gasteiger partial charge on any atom is -0.496 e. The van der Waals surface area contributed by atoms with E-state index in [2.05, 4.69) is 27.5 Å². The highest BCUT2D eigenvalue weighted by Crippen LogP contribution is 2.34. The monoisotopic (exact) mass is 521 g/mol. The van der Waals surface area contributed by atoms with E-state index in [4.69, 9.17) is 4.74 Å². The van der Waals surface area contributed by atoms with E-state index in [9.17, 15) is 14.4 Å². The lowest BCUT2D eigenvalue weighted by Gasteiger charge is -2.25. The third-order valence-electron chi connectivity index (χ3n) is 6.05. The number of rotatable bonds is 11. The van der Waals surface area contributed by atoms with Gasteiger partial charge in [0.15, 0.2) is 5.17 Å². The van der Waals surface area contributed by atoms with Crippen LogP contribution in [0.15, 0.2) is 58.5 Å². The molecule has 0 spiro atoms. The normalized spacial score (nSPS) is 15.9. The molecule has 2 aliphatic rings. The SMILES string of the molecule is CCCCNC(=O)CSC1=Nc2ccccc2C2=N[C@@H](CCC(=O)NCc3ccccc3OC)C(=O)N12. The number of nitrogens with one attached hydrogen (secondary N) is 2. The Morgan fingerprint density at radius 3 is 2.68 bits per heavy atom. The van der Waals surface area contributed by atoms with Crippen molar-refractivity contribution in [2.75, 3.05) is 19.4 Å². The number of thioether (sulfide) groups is 1. The number of amides is 3. The molecule has 10 heteroatoms. The van der Waals surface area contributed by atoms with Crippen LogP contribution in [-0.2, 0) is 20.9 Å². The van der Waals surface area contributed by atoms with Crippen LogP contribution in [0.1, 0.15) is 43.7 Å². The molecule has 0 aliphatic carbocycles. The van der Waals surface area contributed by atoms with Crippen LogP contribution < -0.4 is 15.4 Å². The van der Waals surface area contributed by atoms with E-state index in [1.54, 1.807) is 7.11 Å². The van der Waals surface area contributed by atoms with E-state index >= 15 is 0 Å². The van der Waals surface area contributed by atoms with Crippen LogP contribution in [0.2, 0.25) is 0 Å². The van der Waals surface area contributed by atoms with Gasteiger partial charge in [-0.1, -0.05) is 55.4 Å². The summed E-state index contributed by atoms with van der Waals surface area (Å²) >= 11 is 1.21. The van der Waals surface area contributed by atoms with Crippen molar-refractivity contribution < 1.29 is 19.1 Å². The maximum atomic E-state index is 13.4. The number of nitrogens with zero attached hydrogens (tertiary/aromatic N) is 3. The van der Waals surface area contributed by atoms with Crippen molar-refractivity contribution in [2.45, 2.75) is 45.2 Å². The average Bonchev–Trinajstić information content (AvgIpc) is 3.26. The molecule has 37 heavy (non-hydrogen) atoms. The van der Waals surface area contributed by atoms with Gasteiger partial charge in [-0.25, -0.2) is 9.89 Å². The summed E-state index contributed by atoms with van der Waals surface area (Å²) in [5.41, 5.74) is 2.34. The van der Waals surface area contributed by atoms with Gasteiger partial charge < -0.3 is 15.4 Å². The summed E-state index contributed by atoms with van der Waals surface area (Å²) in [6.07, 6.45) is 2.34. The molecule has 9 nitrogen and oxygen atoms in total. The summed E-state index contributed by atoms with van der Waals surface area (Å²) < 4.78 is 5.33. The molecular weight excluding hydrogens is 490 g/mol. The Kier molecular flexibility index (Phi) is 8.95. The lowest BCUT2D eigenvalue weighted by atomic mass is 10.1. The maximum absolute atomic E-state index is 13.4. The maximum Gasteiger partial charge on any atom is 0.259 e. The number of ether oxygens (including phenoxy) is 1. The molecule has 3 amide bonds. The van der Waals surface area contributed by atoms with Gasteiger partial charge in [0.05, 0.1) is 18.6 Å². The number of aliphatic imine (C=N–C) groups is 2. The fourth-order valence-corrected chi connectivity index (χ4v) is 4.90. The van der Waals surface area contributed by atoms with E-state index in [1.807, 2.05) is 48.5 Å². The number of unbranched alkanes of at least 4 members (excludes halogenated alkanes) is 1. The molecule has 0 radical (unpaired) electrons. The summed E-state index contributed by atoms with van der Waals surface area (Å²) in [6.45, 7) is 3.03. The number of hydrogen-bond acceptors (Lipinski definition) is 7. The van der Waals surface area contributed by atoms with E-state index in [-0.39, 0.29) is 36.3 Å². The van der Waals surface area contributed by atoms with Gasteiger partial charge in [-0.3, -0.25) is 19.4 Å². The Morgan fingerprint density at radius 1 is 1.08 bits per heavy atom. The van der Waals surface area contributed by atoms with Gasteiger partial charge >= 0.3 is 0 Å². The molecule has 0 bridgehead atoms. The fourth-order valence-electron chi connectivity index (χ4n) is 4.07. The number of methoxy groups -OCH3 is 1. The third-order valence-corrected chi connectivity index (χ3v) is 6.98. The van der Waals surface area contributed by atoms with Crippen LogP contribution in [0, 0.1) is 0 Å². The van der Waals surface area contributed by atoms with Crippen LogP contribution in [0.4, 0.5) is 5.69 Å². The van der Waals surface area contributed by atoms with Gasteiger partial charge in [0, 0.05) is 30.6 Å².